The Morgan fingerprint density at radius 3 is 3.15 bits per heavy atom. The number of nitrogens with one attached hydrogen (secondary N) is 1. The Hall–Kier alpha value is -1.02. The summed E-state index contributed by atoms with van der Waals surface area (Å²) in [5.74, 6) is 0.456. The molecule has 1 unspecified atom stereocenters. The Balaban J connectivity index is 2.32. The molecule has 13 heavy (non-hydrogen) atoms. The van der Waals surface area contributed by atoms with Gasteiger partial charge < -0.3 is 10.4 Å². The smallest absolute Gasteiger partial charge is 0.119 e. The summed E-state index contributed by atoms with van der Waals surface area (Å²) < 4.78 is 0. The molecule has 0 fully saturated rings. The maximum atomic E-state index is 9.59. The van der Waals surface area contributed by atoms with Crippen LogP contribution < -0.4 is 5.32 Å². The van der Waals surface area contributed by atoms with Crippen LogP contribution in [0.4, 0.5) is 0 Å². The van der Waals surface area contributed by atoms with Gasteiger partial charge in [0, 0.05) is 6.04 Å². The van der Waals surface area contributed by atoms with Gasteiger partial charge in [0.25, 0.3) is 0 Å². The molecule has 0 heterocycles. The molecule has 1 aromatic rings. The number of rotatable bonds is 2. The SMILES string of the molecule is CCNC1CCc2c(O)cccc21. The molecule has 2 rings (SSSR count). The van der Waals surface area contributed by atoms with E-state index in [1.165, 1.54) is 5.56 Å². The van der Waals surface area contributed by atoms with Crippen molar-refractivity contribution in [3.63, 3.8) is 0 Å². The van der Waals surface area contributed by atoms with E-state index >= 15 is 0 Å². The summed E-state index contributed by atoms with van der Waals surface area (Å²) in [6.45, 7) is 3.10. The number of aromatic hydroxyl groups is 1. The van der Waals surface area contributed by atoms with Gasteiger partial charge in [0.15, 0.2) is 0 Å². The van der Waals surface area contributed by atoms with E-state index in [9.17, 15) is 5.11 Å². The summed E-state index contributed by atoms with van der Waals surface area (Å²) in [4.78, 5) is 0. The molecule has 1 aliphatic rings. The number of phenolic OH excluding ortho intramolecular Hbond substituents is 1. The molecule has 1 atom stereocenters. The Kier molecular flexibility index (Phi) is 2.23. The van der Waals surface area contributed by atoms with Crippen LogP contribution in [0.3, 0.4) is 0 Å². The van der Waals surface area contributed by atoms with Gasteiger partial charge >= 0.3 is 0 Å². The first kappa shape index (κ1) is 8.57. The number of hydrogen-bond donors (Lipinski definition) is 2. The van der Waals surface area contributed by atoms with Gasteiger partial charge in [-0.15, -0.1) is 0 Å². The van der Waals surface area contributed by atoms with Crippen molar-refractivity contribution in [2.75, 3.05) is 6.54 Å². The minimum Gasteiger partial charge on any atom is -0.508 e. The molecule has 0 aromatic heterocycles. The third-order valence-electron chi connectivity index (χ3n) is 2.70. The number of phenols is 1. The first-order valence-corrected chi connectivity index (χ1v) is 4.87. The zero-order valence-electron chi connectivity index (χ0n) is 7.88. The Bertz CT molecular complexity index is 309. The summed E-state index contributed by atoms with van der Waals surface area (Å²) in [6, 6.07) is 6.25. The second-order valence-corrected chi connectivity index (χ2v) is 3.49. The number of hydrogen-bond acceptors (Lipinski definition) is 2. The molecule has 2 heteroatoms. The average Bonchev–Trinajstić information content (AvgIpc) is 2.51. The van der Waals surface area contributed by atoms with Gasteiger partial charge in [-0.2, -0.15) is 0 Å². The predicted octanol–water partition coefficient (Wildman–Crippen LogP) is 1.99. The van der Waals surface area contributed by atoms with Crippen molar-refractivity contribution in [2.24, 2.45) is 0 Å². The fourth-order valence-electron chi connectivity index (χ4n) is 2.09. The molecule has 0 radical (unpaired) electrons. The molecule has 70 valence electrons. The minimum absolute atomic E-state index is 0.451. The Labute approximate surface area is 78.6 Å². The van der Waals surface area contributed by atoms with Crippen LogP contribution in [0.25, 0.3) is 0 Å². The summed E-state index contributed by atoms with van der Waals surface area (Å²) in [6.07, 6.45) is 2.11. The zero-order valence-corrected chi connectivity index (χ0v) is 7.88. The van der Waals surface area contributed by atoms with Crippen molar-refractivity contribution in [2.45, 2.75) is 25.8 Å². The van der Waals surface area contributed by atoms with Crippen molar-refractivity contribution in [3.05, 3.63) is 29.3 Å². The van der Waals surface area contributed by atoms with Gasteiger partial charge in [-0.1, -0.05) is 19.1 Å². The third kappa shape index (κ3) is 1.42. The highest BCUT2D eigenvalue weighted by atomic mass is 16.3. The van der Waals surface area contributed by atoms with Crippen molar-refractivity contribution in [3.8, 4) is 5.75 Å². The van der Waals surface area contributed by atoms with Crippen LogP contribution in [0.15, 0.2) is 18.2 Å². The molecule has 0 amide bonds. The van der Waals surface area contributed by atoms with Crippen LogP contribution in [0.5, 0.6) is 5.75 Å². The molecule has 2 N–H and O–H groups in total. The van der Waals surface area contributed by atoms with E-state index < -0.39 is 0 Å². The third-order valence-corrected chi connectivity index (χ3v) is 2.70. The minimum atomic E-state index is 0.451. The Morgan fingerprint density at radius 1 is 1.54 bits per heavy atom. The van der Waals surface area contributed by atoms with E-state index in [1.54, 1.807) is 6.07 Å². The molecule has 1 aromatic carbocycles. The van der Waals surface area contributed by atoms with E-state index in [0.29, 0.717) is 11.8 Å². The number of benzene rings is 1. The van der Waals surface area contributed by atoms with E-state index in [-0.39, 0.29) is 0 Å². The van der Waals surface area contributed by atoms with Crippen molar-refractivity contribution < 1.29 is 5.11 Å². The fourth-order valence-corrected chi connectivity index (χ4v) is 2.09. The topological polar surface area (TPSA) is 32.3 Å². The van der Waals surface area contributed by atoms with Crippen molar-refractivity contribution in [1.29, 1.82) is 0 Å². The maximum absolute atomic E-state index is 9.59. The molecule has 0 aliphatic heterocycles. The largest absolute Gasteiger partial charge is 0.508 e. The van der Waals surface area contributed by atoms with Crippen LogP contribution in [-0.4, -0.2) is 11.7 Å². The normalized spacial score (nSPS) is 20.2. The van der Waals surface area contributed by atoms with Crippen LogP contribution in [-0.2, 0) is 6.42 Å². The summed E-state index contributed by atoms with van der Waals surface area (Å²) in [5.41, 5.74) is 2.41. The lowest BCUT2D eigenvalue weighted by atomic mass is 10.1. The lowest BCUT2D eigenvalue weighted by Crippen LogP contribution is -2.18. The lowest BCUT2D eigenvalue weighted by Gasteiger charge is -2.11. The van der Waals surface area contributed by atoms with Gasteiger partial charge in [-0.05, 0) is 36.6 Å². The number of fused-ring (bicyclic) bond motifs is 1. The van der Waals surface area contributed by atoms with Gasteiger partial charge in [0.05, 0.1) is 0 Å². The highest BCUT2D eigenvalue weighted by Gasteiger charge is 2.23. The summed E-state index contributed by atoms with van der Waals surface area (Å²) in [5, 5.41) is 13.0. The highest BCUT2D eigenvalue weighted by Crippen LogP contribution is 2.35. The molecule has 0 bridgehead atoms. The highest BCUT2D eigenvalue weighted by molar-refractivity contribution is 5.44. The van der Waals surface area contributed by atoms with Crippen LogP contribution >= 0.6 is 0 Å². The van der Waals surface area contributed by atoms with Gasteiger partial charge in [0.1, 0.15) is 5.75 Å². The van der Waals surface area contributed by atoms with E-state index in [1.807, 2.05) is 6.07 Å². The zero-order chi connectivity index (χ0) is 9.26. The Morgan fingerprint density at radius 2 is 2.38 bits per heavy atom. The van der Waals surface area contributed by atoms with Crippen LogP contribution in [0, 0.1) is 0 Å². The van der Waals surface area contributed by atoms with Crippen molar-refractivity contribution in [1.82, 2.24) is 5.32 Å². The van der Waals surface area contributed by atoms with Gasteiger partial charge in [0.2, 0.25) is 0 Å². The second kappa shape index (κ2) is 3.38. The predicted molar refractivity (Wildman–Crippen MR) is 52.8 cm³/mol. The average molecular weight is 177 g/mol. The molecule has 0 saturated heterocycles. The molecular formula is C11H15NO. The molecule has 2 nitrogen and oxygen atoms in total. The standard InChI is InChI=1S/C11H15NO/c1-2-12-10-7-6-9-8(10)4-3-5-11(9)13/h3-5,10,12-13H,2,6-7H2,1H3. The quantitative estimate of drug-likeness (QED) is 0.724. The summed E-state index contributed by atoms with van der Waals surface area (Å²) in [7, 11) is 0. The fraction of sp³-hybridized carbons (Fsp3) is 0.455. The van der Waals surface area contributed by atoms with E-state index in [2.05, 4.69) is 18.3 Å². The molecular weight excluding hydrogens is 162 g/mol. The van der Waals surface area contributed by atoms with Crippen LogP contribution in [0.1, 0.15) is 30.5 Å². The summed E-state index contributed by atoms with van der Waals surface area (Å²) >= 11 is 0. The first-order chi connectivity index (χ1) is 6.33. The van der Waals surface area contributed by atoms with Crippen molar-refractivity contribution >= 4 is 0 Å². The molecule has 0 spiro atoms. The van der Waals surface area contributed by atoms with Gasteiger partial charge in [-0.3, -0.25) is 0 Å². The molecule has 1 aliphatic carbocycles. The first-order valence-electron chi connectivity index (χ1n) is 4.87. The van der Waals surface area contributed by atoms with E-state index in [0.717, 1.165) is 24.9 Å². The lowest BCUT2D eigenvalue weighted by molar-refractivity contribution is 0.469. The monoisotopic (exact) mass is 177 g/mol. The second-order valence-electron chi connectivity index (χ2n) is 3.49. The van der Waals surface area contributed by atoms with E-state index in [4.69, 9.17) is 0 Å². The van der Waals surface area contributed by atoms with Crippen LogP contribution in [0.2, 0.25) is 0 Å². The molecule has 0 saturated carbocycles. The van der Waals surface area contributed by atoms with Gasteiger partial charge in [-0.25, -0.2) is 0 Å². The maximum Gasteiger partial charge on any atom is 0.119 e.